The number of rotatable bonds is 6. The first-order valence-electron chi connectivity index (χ1n) is 10.4. The Morgan fingerprint density at radius 2 is 2.03 bits per heavy atom. The minimum Gasteiger partial charge on any atom is -0.350 e. The van der Waals surface area contributed by atoms with Gasteiger partial charge in [-0.3, -0.25) is 24.1 Å². The zero-order valence-corrected chi connectivity index (χ0v) is 17.3. The maximum absolute atomic E-state index is 12.6. The van der Waals surface area contributed by atoms with Gasteiger partial charge >= 0.3 is 0 Å². The van der Waals surface area contributed by atoms with Crippen molar-refractivity contribution in [3.63, 3.8) is 0 Å². The van der Waals surface area contributed by atoms with E-state index in [1.807, 2.05) is 24.4 Å². The number of nitrogens with zero attached hydrogens (tertiary/aromatic N) is 4. The average Bonchev–Trinajstić information content (AvgIpc) is 3.35. The molecule has 0 atom stereocenters. The summed E-state index contributed by atoms with van der Waals surface area (Å²) in [5.74, 6) is -0.115. The molecule has 3 heterocycles. The normalized spacial score (nSPS) is 19.0. The average molecular weight is 409 g/mol. The number of amides is 2. The van der Waals surface area contributed by atoms with Crippen molar-refractivity contribution in [2.45, 2.75) is 58.5 Å². The van der Waals surface area contributed by atoms with E-state index >= 15 is 0 Å². The van der Waals surface area contributed by atoms with E-state index in [-0.39, 0.29) is 23.8 Å². The van der Waals surface area contributed by atoms with Crippen molar-refractivity contribution < 1.29 is 9.59 Å². The van der Waals surface area contributed by atoms with E-state index in [9.17, 15) is 9.59 Å². The molecule has 3 aromatic rings. The molecule has 1 fully saturated rings. The second-order valence-corrected chi connectivity index (χ2v) is 7.82. The van der Waals surface area contributed by atoms with E-state index in [1.54, 1.807) is 18.6 Å². The molecule has 158 valence electrons. The number of nitrogens with one attached hydrogen (secondary N) is 3. The fraction of sp³-hybridized carbons (Fsp3) is 0.476. The number of hydrogen-bond donors (Lipinski definition) is 3. The van der Waals surface area contributed by atoms with Crippen LogP contribution in [0.4, 0.5) is 0 Å². The topological polar surface area (TPSA) is 117 Å². The zero-order chi connectivity index (χ0) is 21.1. The number of aromatic nitrogens is 5. The molecule has 9 nitrogen and oxygen atoms in total. The van der Waals surface area contributed by atoms with Gasteiger partial charge in [0.15, 0.2) is 11.3 Å². The summed E-state index contributed by atoms with van der Waals surface area (Å²) < 4.78 is 1.92. The second-order valence-electron chi connectivity index (χ2n) is 7.82. The predicted molar refractivity (Wildman–Crippen MR) is 111 cm³/mol. The molecule has 0 unspecified atom stereocenters. The standard InChI is InChI=1S/C21H27N7O2/c1-3-17-13(2)19(27-26-17)21(30)25-15-6-4-14(5-7-15)20(29)24-11-16-10-23-18-12-22-8-9-28(16)18/h8-10,12,14-15H,3-7,11H2,1-2H3,(H,24,29)(H,25,30)(H,26,27). The molecule has 0 radical (unpaired) electrons. The van der Waals surface area contributed by atoms with Gasteiger partial charge in [0.2, 0.25) is 5.91 Å². The fourth-order valence-electron chi connectivity index (χ4n) is 4.10. The molecule has 9 heteroatoms. The molecular weight excluding hydrogens is 382 g/mol. The van der Waals surface area contributed by atoms with Crippen LogP contribution in [0, 0.1) is 12.8 Å². The minimum atomic E-state index is -0.140. The summed E-state index contributed by atoms with van der Waals surface area (Å²) in [6, 6.07) is 0.0778. The van der Waals surface area contributed by atoms with Gasteiger partial charge in [-0.2, -0.15) is 5.10 Å². The van der Waals surface area contributed by atoms with Gasteiger partial charge in [0, 0.05) is 35.6 Å². The Kier molecular flexibility index (Phi) is 5.78. The molecule has 0 bridgehead atoms. The molecule has 0 spiro atoms. The molecule has 1 aliphatic rings. The Balaban J connectivity index is 1.26. The van der Waals surface area contributed by atoms with Crippen LogP contribution in [0.2, 0.25) is 0 Å². The van der Waals surface area contributed by atoms with Crippen LogP contribution in [0.15, 0.2) is 24.8 Å². The summed E-state index contributed by atoms with van der Waals surface area (Å²) >= 11 is 0. The predicted octanol–water partition coefficient (Wildman–Crippen LogP) is 1.93. The van der Waals surface area contributed by atoms with Gasteiger partial charge in [0.25, 0.3) is 5.91 Å². The first-order valence-corrected chi connectivity index (χ1v) is 10.4. The van der Waals surface area contributed by atoms with Crippen molar-refractivity contribution in [3.8, 4) is 0 Å². The Labute approximate surface area is 174 Å². The Bertz CT molecular complexity index is 1050. The Morgan fingerprint density at radius 1 is 1.23 bits per heavy atom. The monoisotopic (exact) mass is 409 g/mol. The number of H-pyrrole nitrogens is 1. The number of aryl methyl sites for hydroxylation is 1. The molecule has 0 aliphatic heterocycles. The molecule has 2 amide bonds. The van der Waals surface area contributed by atoms with Crippen LogP contribution in [0.5, 0.6) is 0 Å². The third kappa shape index (κ3) is 4.05. The van der Waals surface area contributed by atoms with Crippen LogP contribution in [0.1, 0.15) is 60.0 Å². The van der Waals surface area contributed by atoms with Crippen molar-refractivity contribution in [1.29, 1.82) is 0 Å². The second kappa shape index (κ2) is 8.64. The summed E-state index contributed by atoms with van der Waals surface area (Å²) in [4.78, 5) is 33.5. The first kappa shape index (κ1) is 20.1. The van der Waals surface area contributed by atoms with Crippen LogP contribution >= 0.6 is 0 Å². The molecule has 1 saturated carbocycles. The number of aromatic amines is 1. The molecule has 1 aliphatic carbocycles. The molecule has 4 rings (SSSR count). The largest absolute Gasteiger partial charge is 0.350 e. The van der Waals surface area contributed by atoms with E-state index in [0.29, 0.717) is 12.2 Å². The summed E-state index contributed by atoms with van der Waals surface area (Å²) in [5, 5.41) is 13.2. The van der Waals surface area contributed by atoms with Crippen molar-refractivity contribution in [2.24, 2.45) is 5.92 Å². The summed E-state index contributed by atoms with van der Waals surface area (Å²) in [5.41, 5.74) is 4.04. The number of carbonyl (C=O) groups excluding carboxylic acids is 2. The first-order chi connectivity index (χ1) is 14.6. The van der Waals surface area contributed by atoms with E-state index in [4.69, 9.17) is 0 Å². The zero-order valence-electron chi connectivity index (χ0n) is 17.3. The van der Waals surface area contributed by atoms with Crippen LogP contribution < -0.4 is 10.6 Å². The number of hydrogen-bond acceptors (Lipinski definition) is 5. The highest BCUT2D eigenvalue weighted by Gasteiger charge is 2.28. The van der Waals surface area contributed by atoms with E-state index in [1.165, 1.54) is 0 Å². The summed E-state index contributed by atoms with van der Waals surface area (Å²) in [6.07, 6.45) is 10.9. The molecule has 0 saturated heterocycles. The highest BCUT2D eigenvalue weighted by atomic mass is 16.2. The van der Waals surface area contributed by atoms with E-state index < -0.39 is 0 Å². The third-order valence-electron chi connectivity index (χ3n) is 5.95. The van der Waals surface area contributed by atoms with Crippen molar-refractivity contribution in [2.75, 3.05) is 0 Å². The quantitative estimate of drug-likeness (QED) is 0.575. The van der Waals surface area contributed by atoms with Crippen LogP contribution in [-0.2, 0) is 17.8 Å². The van der Waals surface area contributed by atoms with E-state index in [0.717, 1.165) is 54.7 Å². The number of carbonyl (C=O) groups is 2. The lowest BCUT2D eigenvalue weighted by atomic mass is 9.85. The Hall–Kier alpha value is -3.23. The van der Waals surface area contributed by atoms with Gasteiger partial charge in [-0.1, -0.05) is 6.92 Å². The smallest absolute Gasteiger partial charge is 0.272 e. The lowest BCUT2D eigenvalue weighted by molar-refractivity contribution is -0.126. The van der Waals surface area contributed by atoms with Gasteiger partial charge in [-0.25, -0.2) is 4.98 Å². The molecule has 3 aromatic heterocycles. The highest BCUT2D eigenvalue weighted by Crippen LogP contribution is 2.25. The van der Waals surface area contributed by atoms with Gasteiger partial charge < -0.3 is 10.6 Å². The summed E-state index contributed by atoms with van der Waals surface area (Å²) in [7, 11) is 0. The molecule has 30 heavy (non-hydrogen) atoms. The molecule has 3 N–H and O–H groups in total. The highest BCUT2D eigenvalue weighted by molar-refractivity contribution is 5.94. The SMILES string of the molecule is CCc1[nH]nc(C(=O)NC2CCC(C(=O)NCc3cnc4cnccn34)CC2)c1C. The summed E-state index contributed by atoms with van der Waals surface area (Å²) in [6.45, 7) is 4.37. The Morgan fingerprint density at radius 3 is 2.77 bits per heavy atom. The maximum atomic E-state index is 12.6. The van der Waals surface area contributed by atoms with Gasteiger partial charge in [0.1, 0.15) is 0 Å². The van der Waals surface area contributed by atoms with Gasteiger partial charge in [-0.15, -0.1) is 0 Å². The van der Waals surface area contributed by atoms with Crippen LogP contribution in [-0.4, -0.2) is 42.4 Å². The van der Waals surface area contributed by atoms with Crippen molar-refractivity contribution in [1.82, 2.24) is 35.2 Å². The van der Waals surface area contributed by atoms with Gasteiger partial charge in [-0.05, 0) is 39.0 Å². The molecular formula is C21H27N7O2. The van der Waals surface area contributed by atoms with Crippen molar-refractivity contribution in [3.05, 3.63) is 47.4 Å². The van der Waals surface area contributed by atoms with Crippen LogP contribution in [0.25, 0.3) is 5.65 Å². The lowest BCUT2D eigenvalue weighted by Gasteiger charge is -2.28. The lowest BCUT2D eigenvalue weighted by Crippen LogP contribution is -2.41. The third-order valence-corrected chi connectivity index (χ3v) is 5.95. The molecule has 0 aromatic carbocycles. The van der Waals surface area contributed by atoms with Crippen LogP contribution in [0.3, 0.4) is 0 Å². The fourth-order valence-corrected chi connectivity index (χ4v) is 4.10. The van der Waals surface area contributed by atoms with Crippen molar-refractivity contribution >= 4 is 17.5 Å². The van der Waals surface area contributed by atoms with E-state index in [2.05, 4.69) is 30.8 Å². The van der Waals surface area contributed by atoms with Gasteiger partial charge in [0.05, 0.1) is 24.6 Å². The maximum Gasteiger partial charge on any atom is 0.272 e. The minimum absolute atomic E-state index is 0.0298. The number of fused-ring (bicyclic) bond motifs is 1. The number of imidazole rings is 1.